The normalized spacial score (nSPS) is 44.5. The maximum absolute atomic E-state index is 14.2. The number of ether oxygens (including phenoxy) is 8. The first-order valence-corrected chi connectivity index (χ1v) is 33.7. The molecule has 18 heteroatoms. The molecule has 20 atom stereocenters. The van der Waals surface area contributed by atoms with Crippen molar-refractivity contribution in [3.8, 4) is 0 Å². The van der Waals surface area contributed by atoms with Crippen LogP contribution in [0.15, 0.2) is 128 Å². The minimum absolute atomic E-state index is 0.0340. The highest BCUT2D eigenvalue weighted by Gasteiger charge is 2.62. The number of hydrogen-bond donors (Lipinski definition) is 4. The van der Waals surface area contributed by atoms with Crippen molar-refractivity contribution in [2.45, 2.75) is 245 Å². The number of fused-ring (bicyclic) bond motifs is 4. The van der Waals surface area contributed by atoms with Crippen LogP contribution in [0.25, 0.3) is 0 Å². The first-order chi connectivity index (χ1) is 43.5. The van der Waals surface area contributed by atoms with E-state index in [9.17, 15) is 30.0 Å². The Labute approximate surface area is 546 Å². The summed E-state index contributed by atoms with van der Waals surface area (Å²) in [6.45, 7) is 29.2. The Balaban J connectivity index is 0.000000217. The summed E-state index contributed by atoms with van der Waals surface area (Å²) in [6.07, 6.45) is 22.8. The molecule has 508 valence electrons. The van der Waals surface area contributed by atoms with Crippen LogP contribution in [0.5, 0.6) is 0 Å². The van der Waals surface area contributed by atoms with Gasteiger partial charge in [-0.15, -0.1) is 0 Å². The van der Waals surface area contributed by atoms with Crippen LogP contribution >= 0.6 is 0 Å². The standard InChI is InChI=1S/2C37H53NO8/c2*1-21(2)14-25(6)33-26(7)31(38-42-8)19-36(46-33)18-29-17-28(45-36)13-12-23(4)15-22(3)10-9-11-27-20-43-34-32(39)24(5)16-30(35(40)44-29)37(27,34)41/h2*9-12,14,16,21-22,26,28-30,32-34,39,41H,13,15,17-20H2,1-8H3/b2*10-9+,23-12+,25-14+,27-11+,38-31-/t2*22-,26-,28+,29-,30-,32+,33+,34+,36-,37+/m00/s1. The number of carbonyl (C=O) groups is 2. The lowest BCUT2D eigenvalue weighted by atomic mass is 9.71. The average molecular weight is 1280 g/mol. The number of oxime groups is 2. The van der Waals surface area contributed by atoms with Crippen LogP contribution in [0.2, 0.25) is 0 Å². The third kappa shape index (κ3) is 15.4. The minimum Gasteiger partial charge on any atom is -0.462 e. The molecule has 4 bridgehead atoms. The SMILES string of the molecule is CO/N=C1/C[C@]2(C[C@@H]3C[C@@H](C/C=C(\C)C[C@@H](C)/C=C/C=C4\CO[C@@H]5[C@H](O)C(C)=C[C@@H](C(=O)O3)[C@]45O)O2)O[C@H](/C(C)=C/C(C)C)[C@H]1C.CO/N=C1/C[C@]2(C[C@@H]3C[C@@H](C/C=C(\C)C[C@@H](C)/C=C/C=C4\CO[C@@H]5[C@H](O)C(C)=C[C@@H](C(=O)O3)[C@]45O)O2)O[C@H](/C(C)=C/C(C)C)[C@H]1C. The number of aliphatic hydroxyl groups excluding tert-OH is 2. The molecule has 10 aliphatic rings. The Bertz CT molecular complexity index is 2890. The second-order valence-electron chi connectivity index (χ2n) is 29.0. The van der Waals surface area contributed by atoms with Crippen molar-refractivity contribution in [2.75, 3.05) is 27.4 Å². The van der Waals surface area contributed by atoms with E-state index in [0.717, 1.165) is 35.4 Å². The molecule has 2 aliphatic carbocycles. The van der Waals surface area contributed by atoms with Crippen LogP contribution in [-0.4, -0.2) is 155 Å². The van der Waals surface area contributed by atoms with E-state index in [-0.39, 0.29) is 61.3 Å². The molecule has 0 radical (unpaired) electrons. The van der Waals surface area contributed by atoms with Crippen LogP contribution in [-0.2, 0) is 57.2 Å². The molecule has 0 unspecified atom stereocenters. The highest BCUT2D eigenvalue weighted by Crippen LogP contribution is 2.50. The topological polar surface area (TPSA) is 232 Å². The van der Waals surface area contributed by atoms with E-state index in [1.54, 1.807) is 40.2 Å². The molecular formula is C74H106N2O16. The Kier molecular flexibility index (Phi) is 22.8. The fourth-order valence-electron chi connectivity index (χ4n) is 15.9. The van der Waals surface area contributed by atoms with Gasteiger partial charge in [0.05, 0.1) is 49.1 Å². The van der Waals surface area contributed by atoms with Gasteiger partial charge in [-0.2, -0.15) is 0 Å². The van der Waals surface area contributed by atoms with Gasteiger partial charge in [0.1, 0.15) is 73.9 Å². The highest BCUT2D eigenvalue weighted by molar-refractivity contribution is 5.89. The molecule has 6 saturated heterocycles. The molecule has 0 amide bonds. The van der Waals surface area contributed by atoms with E-state index >= 15 is 0 Å². The van der Waals surface area contributed by atoms with Crippen molar-refractivity contribution >= 4 is 23.4 Å². The summed E-state index contributed by atoms with van der Waals surface area (Å²) in [4.78, 5) is 38.9. The summed E-state index contributed by atoms with van der Waals surface area (Å²) < 4.78 is 52.1. The largest absolute Gasteiger partial charge is 0.462 e. The lowest BCUT2D eigenvalue weighted by Gasteiger charge is -2.50. The molecule has 18 nitrogen and oxygen atoms in total. The number of rotatable bonds is 6. The molecule has 0 aromatic heterocycles. The Morgan fingerprint density at radius 1 is 0.598 bits per heavy atom. The Hall–Kier alpha value is -5.12. The van der Waals surface area contributed by atoms with Gasteiger partial charge in [-0.05, 0) is 124 Å². The van der Waals surface area contributed by atoms with Gasteiger partial charge in [0, 0.05) is 50.4 Å². The predicted octanol–water partition coefficient (Wildman–Crippen LogP) is 11.5. The molecule has 8 aliphatic heterocycles. The number of carbonyl (C=O) groups excluding carboxylic acids is 2. The van der Waals surface area contributed by atoms with Gasteiger partial charge in [0.15, 0.2) is 11.6 Å². The third-order valence-corrected chi connectivity index (χ3v) is 20.3. The molecule has 10 rings (SSSR count). The molecule has 2 spiro atoms. The molecule has 0 aromatic carbocycles. The zero-order valence-corrected chi connectivity index (χ0v) is 57.4. The summed E-state index contributed by atoms with van der Waals surface area (Å²) >= 11 is 0. The van der Waals surface area contributed by atoms with E-state index in [4.69, 9.17) is 47.6 Å². The summed E-state index contributed by atoms with van der Waals surface area (Å²) in [5.41, 5.74) is 5.09. The summed E-state index contributed by atoms with van der Waals surface area (Å²) in [7, 11) is 3.09. The van der Waals surface area contributed by atoms with E-state index < -0.39 is 83.2 Å². The Morgan fingerprint density at radius 2 is 0.978 bits per heavy atom. The summed E-state index contributed by atoms with van der Waals surface area (Å²) in [6, 6.07) is 0. The number of nitrogens with zero attached hydrogens (tertiary/aromatic N) is 2. The maximum Gasteiger partial charge on any atom is 0.316 e. The quantitative estimate of drug-likeness (QED) is 0.110. The van der Waals surface area contributed by atoms with Gasteiger partial charge >= 0.3 is 11.9 Å². The van der Waals surface area contributed by atoms with Crippen LogP contribution in [0.3, 0.4) is 0 Å². The van der Waals surface area contributed by atoms with Gasteiger partial charge in [0.2, 0.25) is 0 Å². The monoisotopic (exact) mass is 1280 g/mol. The molecule has 8 heterocycles. The van der Waals surface area contributed by atoms with E-state index in [1.807, 2.05) is 24.3 Å². The molecule has 0 aromatic rings. The summed E-state index contributed by atoms with van der Waals surface area (Å²) in [5, 5.41) is 55.2. The zero-order chi connectivity index (χ0) is 66.8. The smallest absolute Gasteiger partial charge is 0.316 e. The molecule has 4 N–H and O–H groups in total. The van der Waals surface area contributed by atoms with Crippen molar-refractivity contribution in [3.63, 3.8) is 0 Å². The second kappa shape index (κ2) is 29.5. The van der Waals surface area contributed by atoms with Crippen LogP contribution < -0.4 is 0 Å². The van der Waals surface area contributed by atoms with Crippen LogP contribution in [0.4, 0.5) is 0 Å². The lowest BCUT2D eigenvalue weighted by Crippen LogP contribution is -2.59. The minimum atomic E-state index is -1.74. The van der Waals surface area contributed by atoms with Gasteiger partial charge in [-0.1, -0.05) is 150 Å². The van der Waals surface area contributed by atoms with Gasteiger partial charge in [0.25, 0.3) is 0 Å². The molecular weight excluding hydrogens is 1170 g/mol. The first-order valence-electron chi connectivity index (χ1n) is 33.7. The number of hydrogen-bond acceptors (Lipinski definition) is 18. The number of esters is 2. The fourth-order valence-corrected chi connectivity index (χ4v) is 15.9. The van der Waals surface area contributed by atoms with E-state index in [2.05, 4.69) is 130 Å². The molecule has 6 fully saturated rings. The second-order valence-corrected chi connectivity index (χ2v) is 29.0. The lowest BCUT2D eigenvalue weighted by molar-refractivity contribution is -0.314. The number of aliphatic hydroxyl groups is 4. The molecule has 0 saturated carbocycles. The van der Waals surface area contributed by atoms with Gasteiger partial charge < -0.3 is 68.0 Å². The first kappa shape index (κ1) is 71.2. The zero-order valence-electron chi connectivity index (χ0n) is 57.4. The van der Waals surface area contributed by atoms with Crippen molar-refractivity contribution < 1.29 is 77.6 Å². The van der Waals surface area contributed by atoms with Crippen molar-refractivity contribution in [3.05, 3.63) is 117 Å². The van der Waals surface area contributed by atoms with Gasteiger partial charge in [-0.3, -0.25) is 9.59 Å². The van der Waals surface area contributed by atoms with Crippen molar-refractivity contribution in [2.24, 2.45) is 57.7 Å². The number of allylic oxidation sites excluding steroid dienone is 10. The predicted molar refractivity (Wildman–Crippen MR) is 351 cm³/mol. The van der Waals surface area contributed by atoms with Crippen LogP contribution in [0.1, 0.15) is 161 Å². The summed E-state index contributed by atoms with van der Waals surface area (Å²) in [5.74, 6) is -4.31. The maximum atomic E-state index is 14.2. The van der Waals surface area contributed by atoms with E-state index in [1.165, 1.54) is 11.1 Å². The fraction of sp³-hybridized carbons (Fsp3) is 0.676. The highest BCUT2D eigenvalue weighted by atomic mass is 16.7. The van der Waals surface area contributed by atoms with Gasteiger partial charge in [-0.25, -0.2) is 0 Å². The molecule has 92 heavy (non-hydrogen) atoms. The Morgan fingerprint density at radius 3 is 1.34 bits per heavy atom. The van der Waals surface area contributed by atoms with Crippen molar-refractivity contribution in [1.82, 2.24) is 0 Å². The van der Waals surface area contributed by atoms with E-state index in [0.29, 0.717) is 85.5 Å². The van der Waals surface area contributed by atoms with Crippen LogP contribution in [0, 0.1) is 47.3 Å². The third-order valence-electron chi connectivity index (χ3n) is 20.3. The van der Waals surface area contributed by atoms with Crippen molar-refractivity contribution in [1.29, 1.82) is 0 Å². The average Bonchev–Trinajstić information content (AvgIpc) is 1.49.